The number of hydrogen-bond donors (Lipinski definition) is 0. The Labute approximate surface area is 99.0 Å². The van der Waals surface area contributed by atoms with Crippen LogP contribution in [-0.2, 0) is 17.4 Å². The van der Waals surface area contributed by atoms with Gasteiger partial charge in [0.25, 0.3) is 0 Å². The summed E-state index contributed by atoms with van der Waals surface area (Å²) in [5.41, 5.74) is 0.449. The second kappa shape index (κ2) is 5.54. The molecule has 2 nitrogen and oxygen atoms in total. The predicted octanol–water partition coefficient (Wildman–Crippen LogP) is -1.62. The molecule has 0 N–H and O–H groups in total. The van der Waals surface area contributed by atoms with Crippen LogP contribution in [0.3, 0.4) is 0 Å². The second-order valence-electron chi connectivity index (χ2n) is 1.99. The molecule has 58 valence electrons. The van der Waals surface area contributed by atoms with Gasteiger partial charge in [0, 0.05) is 5.56 Å². The van der Waals surface area contributed by atoms with Gasteiger partial charge in [0.05, 0.1) is 7.11 Å². The standard InChI is InChI=1S/C8H8O2S.Na/c1-10-8(9)6-4-2-3-5-7(6)11;/h2-5,11H,1H3;/q;+1/p-1. The predicted molar refractivity (Wildman–Crippen MR) is 43.4 cm³/mol. The second-order valence-corrected chi connectivity index (χ2v) is 2.43. The molecule has 0 radical (unpaired) electrons. The number of benzene rings is 1. The van der Waals surface area contributed by atoms with Gasteiger partial charge in [0.1, 0.15) is 0 Å². The van der Waals surface area contributed by atoms with E-state index in [0.29, 0.717) is 10.5 Å². The van der Waals surface area contributed by atoms with Crippen LogP contribution in [0.4, 0.5) is 0 Å². The van der Waals surface area contributed by atoms with Gasteiger partial charge < -0.3 is 17.4 Å². The third-order valence-corrected chi connectivity index (χ3v) is 1.65. The Morgan fingerprint density at radius 2 is 2.00 bits per heavy atom. The zero-order chi connectivity index (χ0) is 8.27. The Hall–Kier alpha value is -0.0900. The van der Waals surface area contributed by atoms with Crippen LogP contribution in [0, 0.1) is 0 Å². The first kappa shape index (κ1) is 11.9. The third kappa shape index (κ3) is 2.75. The Morgan fingerprint density at radius 3 is 2.50 bits per heavy atom. The summed E-state index contributed by atoms with van der Waals surface area (Å²) in [5, 5.41) is 0. The van der Waals surface area contributed by atoms with Crippen LogP contribution in [0.15, 0.2) is 29.2 Å². The first-order chi connectivity index (χ1) is 5.25. The van der Waals surface area contributed by atoms with Crippen molar-refractivity contribution in [2.24, 2.45) is 0 Å². The van der Waals surface area contributed by atoms with Gasteiger partial charge in [-0.15, -0.1) is 0 Å². The molecule has 0 amide bonds. The molecule has 0 unspecified atom stereocenters. The summed E-state index contributed by atoms with van der Waals surface area (Å²) in [5.74, 6) is -0.379. The number of rotatable bonds is 1. The fourth-order valence-electron chi connectivity index (χ4n) is 0.745. The van der Waals surface area contributed by atoms with E-state index in [1.54, 1.807) is 24.3 Å². The van der Waals surface area contributed by atoms with Crippen LogP contribution >= 0.6 is 0 Å². The summed E-state index contributed by atoms with van der Waals surface area (Å²) in [6.07, 6.45) is 0. The minimum absolute atomic E-state index is 0. The molecule has 0 fully saturated rings. The maximum Gasteiger partial charge on any atom is 1.00 e. The van der Waals surface area contributed by atoms with Crippen molar-refractivity contribution in [1.29, 1.82) is 0 Å². The SMILES string of the molecule is COC(=O)c1ccccc1[S-].[Na+]. The summed E-state index contributed by atoms with van der Waals surface area (Å²) in [4.78, 5) is 11.5. The minimum atomic E-state index is -0.379. The first-order valence-electron chi connectivity index (χ1n) is 3.10. The minimum Gasteiger partial charge on any atom is -0.779 e. The average molecular weight is 190 g/mol. The van der Waals surface area contributed by atoms with Crippen LogP contribution < -0.4 is 29.6 Å². The smallest absolute Gasteiger partial charge is 0.779 e. The van der Waals surface area contributed by atoms with Gasteiger partial charge in [-0.2, -0.15) is 4.90 Å². The summed E-state index contributed by atoms with van der Waals surface area (Å²) in [6, 6.07) is 6.88. The topological polar surface area (TPSA) is 26.3 Å². The number of esters is 1. The molecule has 4 heteroatoms. The van der Waals surface area contributed by atoms with Crippen molar-refractivity contribution in [3.05, 3.63) is 29.8 Å². The summed E-state index contributed by atoms with van der Waals surface area (Å²) in [6.45, 7) is 0. The van der Waals surface area contributed by atoms with Crippen molar-refractivity contribution in [2.75, 3.05) is 7.11 Å². The molecule has 1 aromatic rings. The van der Waals surface area contributed by atoms with E-state index in [-0.39, 0.29) is 35.5 Å². The van der Waals surface area contributed by atoms with Crippen molar-refractivity contribution in [2.45, 2.75) is 4.90 Å². The number of ether oxygens (including phenoxy) is 1. The Kier molecular flexibility index (Phi) is 5.50. The quantitative estimate of drug-likeness (QED) is 0.302. The van der Waals surface area contributed by atoms with Crippen molar-refractivity contribution < 1.29 is 39.1 Å². The fraction of sp³-hybridized carbons (Fsp3) is 0.125. The van der Waals surface area contributed by atoms with Gasteiger partial charge in [-0.1, -0.05) is 18.2 Å². The van der Waals surface area contributed by atoms with E-state index >= 15 is 0 Å². The average Bonchev–Trinajstić information content (AvgIpc) is 2.04. The molecular weight excluding hydrogens is 183 g/mol. The molecule has 0 aliphatic rings. The van der Waals surface area contributed by atoms with Gasteiger partial charge in [-0.25, -0.2) is 4.79 Å². The molecule has 0 aromatic heterocycles. The zero-order valence-electron chi connectivity index (χ0n) is 7.03. The maximum absolute atomic E-state index is 10.9. The van der Waals surface area contributed by atoms with E-state index in [1.165, 1.54) is 7.11 Å². The van der Waals surface area contributed by atoms with Crippen LogP contribution in [0.2, 0.25) is 0 Å². The van der Waals surface area contributed by atoms with E-state index in [4.69, 9.17) is 12.6 Å². The monoisotopic (exact) mass is 190 g/mol. The zero-order valence-corrected chi connectivity index (χ0v) is 9.85. The fourth-order valence-corrected chi connectivity index (χ4v) is 0.975. The molecule has 0 bridgehead atoms. The van der Waals surface area contributed by atoms with E-state index in [0.717, 1.165) is 0 Å². The van der Waals surface area contributed by atoms with Crippen LogP contribution in [-0.4, -0.2) is 13.1 Å². The molecule has 0 aliphatic carbocycles. The molecule has 0 saturated carbocycles. The maximum atomic E-state index is 10.9. The van der Waals surface area contributed by atoms with Gasteiger partial charge in [0.2, 0.25) is 0 Å². The molecule has 1 aromatic carbocycles. The summed E-state index contributed by atoms with van der Waals surface area (Å²) in [7, 11) is 1.34. The number of carbonyl (C=O) groups excluding carboxylic acids is 1. The van der Waals surface area contributed by atoms with Crippen LogP contribution in [0.1, 0.15) is 10.4 Å². The molecule has 0 aliphatic heterocycles. The van der Waals surface area contributed by atoms with Gasteiger partial charge in [-0.3, -0.25) is 0 Å². The summed E-state index contributed by atoms with van der Waals surface area (Å²) < 4.78 is 4.51. The number of methoxy groups -OCH3 is 1. The van der Waals surface area contributed by atoms with Crippen molar-refractivity contribution in [3.63, 3.8) is 0 Å². The number of carbonyl (C=O) groups is 1. The first-order valence-corrected chi connectivity index (χ1v) is 3.51. The van der Waals surface area contributed by atoms with Gasteiger partial charge in [-0.05, 0) is 6.07 Å². The Balaban J connectivity index is 0.00000121. The molecule has 0 saturated heterocycles. The largest absolute Gasteiger partial charge is 1.00 e. The van der Waals surface area contributed by atoms with Crippen LogP contribution in [0.25, 0.3) is 0 Å². The molecule has 0 spiro atoms. The van der Waals surface area contributed by atoms with Crippen molar-refractivity contribution in [3.8, 4) is 0 Å². The molecular formula is C8H7NaO2S. The van der Waals surface area contributed by atoms with E-state index in [2.05, 4.69) is 4.74 Å². The van der Waals surface area contributed by atoms with E-state index < -0.39 is 0 Å². The molecule has 12 heavy (non-hydrogen) atoms. The number of hydrogen-bond acceptors (Lipinski definition) is 3. The molecule has 0 heterocycles. The third-order valence-electron chi connectivity index (χ3n) is 1.29. The summed E-state index contributed by atoms with van der Waals surface area (Å²) >= 11 is 4.89. The van der Waals surface area contributed by atoms with E-state index in [1.807, 2.05) is 0 Å². The Morgan fingerprint density at radius 1 is 1.42 bits per heavy atom. The normalized spacial score (nSPS) is 8.42. The van der Waals surface area contributed by atoms with Crippen molar-refractivity contribution in [1.82, 2.24) is 0 Å². The van der Waals surface area contributed by atoms with Crippen LogP contribution in [0.5, 0.6) is 0 Å². The van der Waals surface area contributed by atoms with Gasteiger partial charge >= 0.3 is 35.5 Å². The molecule has 0 atom stereocenters. The molecule has 1 rings (SSSR count). The van der Waals surface area contributed by atoms with E-state index in [9.17, 15) is 4.79 Å². The van der Waals surface area contributed by atoms with Crippen molar-refractivity contribution >= 4 is 18.6 Å². The van der Waals surface area contributed by atoms with Gasteiger partial charge in [0.15, 0.2) is 0 Å². The Bertz CT molecular complexity index is 276.